The number of alkyl halides is 3. The summed E-state index contributed by atoms with van der Waals surface area (Å²) in [6, 6.07) is 8.03. The Morgan fingerprint density at radius 1 is 1.24 bits per heavy atom. The van der Waals surface area contributed by atoms with Crippen molar-refractivity contribution >= 4 is 28.6 Å². The Labute approximate surface area is 129 Å². The second-order valence-corrected chi connectivity index (χ2v) is 6.55. The molecule has 0 spiro atoms. The smallest absolute Gasteiger partial charge is 0.377 e. The quantitative estimate of drug-likeness (QED) is 0.726. The molecule has 0 bridgehead atoms. The van der Waals surface area contributed by atoms with Gasteiger partial charge in [-0.1, -0.05) is 17.7 Å². The molecule has 1 atom stereocenters. The molecule has 1 aliphatic rings. The van der Waals surface area contributed by atoms with Gasteiger partial charge >= 0.3 is 6.18 Å². The highest BCUT2D eigenvalue weighted by Gasteiger charge is 2.35. The summed E-state index contributed by atoms with van der Waals surface area (Å²) >= 11 is 7.27. The van der Waals surface area contributed by atoms with E-state index in [9.17, 15) is 13.2 Å². The molecule has 1 heterocycles. The fourth-order valence-corrected chi connectivity index (χ4v) is 3.43. The highest BCUT2D eigenvalue weighted by atomic mass is 35.5. The van der Waals surface area contributed by atoms with Crippen LogP contribution in [-0.2, 0) is 6.18 Å². The summed E-state index contributed by atoms with van der Waals surface area (Å²) < 4.78 is 38.7. The van der Waals surface area contributed by atoms with Gasteiger partial charge in [-0.15, -0.1) is 11.3 Å². The van der Waals surface area contributed by atoms with Crippen molar-refractivity contribution in [1.82, 2.24) is 0 Å². The van der Waals surface area contributed by atoms with Crippen LogP contribution < -0.4 is 5.32 Å². The zero-order valence-electron chi connectivity index (χ0n) is 11.0. The minimum absolute atomic E-state index is 0.0762. The Bertz CT molecular complexity index is 620. The molecule has 112 valence electrons. The van der Waals surface area contributed by atoms with Gasteiger partial charge in [0, 0.05) is 10.6 Å². The molecule has 21 heavy (non-hydrogen) atoms. The number of anilines is 1. The van der Waals surface area contributed by atoms with Gasteiger partial charge < -0.3 is 5.32 Å². The molecule has 3 rings (SSSR count). The lowest BCUT2D eigenvalue weighted by Gasteiger charge is -2.19. The Kier molecular flexibility index (Phi) is 3.88. The zero-order chi connectivity index (χ0) is 15.0. The molecule has 0 amide bonds. The third-order valence-electron chi connectivity index (χ3n) is 3.54. The lowest BCUT2D eigenvalue weighted by atomic mass is 10.1. The van der Waals surface area contributed by atoms with Crippen LogP contribution in [0.5, 0.6) is 0 Å². The molecule has 1 saturated carbocycles. The first-order chi connectivity index (χ1) is 9.95. The standard InChI is InChI=1S/C15H13ClF3NS/c16-12-6-5-10(8-11(12)15(17,18)19)20-14(9-3-4-9)13-2-1-7-21-13/h1-2,5-9,14,20H,3-4H2. The molecule has 1 N–H and O–H groups in total. The highest BCUT2D eigenvalue weighted by Crippen LogP contribution is 2.45. The third-order valence-corrected chi connectivity index (χ3v) is 4.82. The third kappa shape index (κ3) is 3.35. The maximum atomic E-state index is 12.9. The summed E-state index contributed by atoms with van der Waals surface area (Å²) in [7, 11) is 0. The Morgan fingerprint density at radius 2 is 2.00 bits per heavy atom. The lowest BCUT2D eigenvalue weighted by Crippen LogP contribution is -2.13. The van der Waals surface area contributed by atoms with Crippen LogP contribution in [0.1, 0.15) is 29.3 Å². The van der Waals surface area contributed by atoms with Crippen LogP contribution in [0.3, 0.4) is 0 Å². The van der Waals surface area contributed by atoms with Crippen molar-refractivity contribution < 1.29 is 13.2 Å². The summed E-state index contributed by atoms with van der Waals surface area (Å²) in [5.74, 6) is 0.494. The van der Waals surface area contributed by atoms with Crippen LogP contribution in [0.2, 0.25) is 5.02 Å². The first-order valence-electron chi connectivity index (χ1n) is 6.62. The van der Waals surface area contributed by atoms with E-state index in [1.807, 2.05) is 17.5 Å². The van der Waals surface area contributed by atoms with Gasteiger partial charge in [0.25, 0.3) is 0 Å². The molecular weight excluding hydrogens is 319 g/mol. The van der Waals surface area contributed by atoms with E-state index in [4.69, 9.17) is 11.6 Å². The van der Waals surface area contributed by atoms with Crippen molar-refractivity contribution in [1.29, 1.82) is 0 Å². The van der Waals surface area contributed by atoms with E-state index < -0.39 is 11.7 Å². The molecule has 0 aliphatic heterocycles. The first kappa shape index (κ1) is 14.7. The molecule has 0 radical (unpaired) electrons. The van der Waals surface area contributed by atoms with Crippen molar-refractivity contribution in [2.75, 3.05) is 5.32 Å². The number of hydrogen-bond donors (Lipinski definition) is 1. The predicted molar refractivity (Wildman–Crippen MR) is 79.9 cm³/mol. The van der Waals surface area contributed by atoms with E-state index >= 15 is 0 Å². The Morgan fingerprint density at radius 3 is 2.57 bits per heavy atom. The van der Waals surface area contributed by atoms with Crippen molar-refractivity contribution in [3.63, 3.8) is 0 Å². The van der Waals surface area contributed by atoms with Crippen molar-refractivity contribution in [2.24, 2.45) is 5.92 Å². The Balaban J connectivity index is 1.87. The van der Waals surface area contributed by atoms with Gasteiger partial charge in [-0.3, -0.25) is 0 Å². The molecular formula is C15H13ClF3NS. The number of benzene rings is 1. The fraction of sp³-hybridized carbons (Fsp3) is 0.333. The van der Waals surface area contributed by atoms with Crippen LogP contribution >= 0.6 is 22.9 Å². The van der Waals surface area contributed by atoms with Gasteiger partial charge in [-0.05, 0) is 48.4 Å². The van der Waals surface area contributed by atoms with Gasteiger partial charge in [0.2, 0.25) is 0 Å². The van der Waals surface area contributed by atoms with Gasteiger partial charge in [-0.25, -0.2) is 0 Å². The van der Waals surface area contributed by atoms with Crippen molar-refractivity contribution in [3.05, 3.63) is 51.2 Å². The number of rotatable bonds is 4. The van der Waals surface area contributed by atoms with E-state index in [1.165, 1.54) is 6.07 Å². The highest BCUT2D eigenvalue weighted by molar-refractivity contribution is 7.10. The van der Waals surface area contributed by atoms with Crippen molar-refractivity contribution in [2.45, 2.75) is 25.1 Å². The topological polar surface area (TPSA) is 12.0 Å². The summed E-state index contributed by atoms with van der Waals surface area (Å²) in [6.07, 6.45) is -2.22. The molecule has 1 aromatic carbocycles. The zero-order valence-corrected chi connectivity index (χ0v) is 12.5. The number of halogens is 4. The first-order valence-corrected chi connectivity index (χ1v) is 7.87. The second-order valence-electron chi connectivity index (χ2n) is 5.17. The van der Waals surface area contributed by atoms with Gasteiger partial charge in [-0.2, -0.15) is 13.2 Å². The molecule has 0 saturated heterocycles. The molecule has 6 heteroatoms. The van der Waals surface area contributed by atoms with E-state index in [0.29, 0.717) is 11.6 Å². The predicted octanol–water partition coefficient (Wildman–Crippen LogP) is 5.98. The molecule has 1 unspecified atom stereocenters. The fourth-order valence-electron chi connectivity index (χ4n) is 2.33. The largest absolute Gasteiger partial charge is 0.417 e. The van der Waals surface area contributed by atoms with E-state index in [-0.39, 0.29) is 11.1 Å². The van der Waals surface area contributed by atoms with E-state index in [2.05, 4.69) is 5.32 Å². The number of nitrogens with one attached hydrogen (secondary N) is 1. The lowest BCUT2D eigenvalue weighted by molar-refractivity contribution is -0.137. The molecule has 2 aromatic rings. The molecule has 1 aliphatic carbocycles. The SMILES string of the molecule is FC(F)(F)c1cc(NC(c2cccs2)C2CC2)ccc1Cl. The average molecular weight is 332 g/mol. The van der Waals surface area contributed by atoms with E-state index in [1.54, 1.807) is 17.4 Å². The molecule has 1 fully saturated rings. The minimum Gasteiger partial charge on any atom is -0.377 e. The second kappa shape index (κ2) is 5.54. The molecule has 1 aromatic heterocycles. The summed E-state index contributed by atoms with van der Waals surface area (Å²) in [4.78, 5) is 1.15. The molecule has 1 nitrogen and oxygen atoms in total. The Hall–Kier alpha value is -1.20. The maximum absolute atomic E-state index is 12.9. The number of hydrogen-bond acceptors (Lipinski definition) is 2. The van der Waals surface area contributed by atoms with Gasteiger partial charge in [0.15, 0.2) is 0 Å². The minimum atomic E-state index is -4.44. The number of thiophene rings is 1. The van der Waals surface area contributed by atoms with Crippen molar-refractivity contribution in [3.8, 4) is 0 Å². The van der Waals surface area contributed by atoms with Crippen LogP contribution in [0.15, 0.2) is 35.7 Å². The van der Waals surface area contributed by atoms with Crippen LogP contribution in [0, 0.1) is 5.92 Å². The van der Waals surface area contributed by atoms with Crippen LogP contribution in [0.25, 0.3) is 0 Å². The van der Waals surface area contributed by atoms with Crippen LogP contribution in [-0.4, -0.2) is 0 Å². The average Bonchev–Trinajstić information content (AvgIpc) is 3.11. The van der Waals surface area contributed by atoms with E-state index in [0.717, 1.165) is 23.8 Å². The normalized spacial score (nSPS) is 16.8. The summed E-state index contributed by atoms with van der Waals surface area (Å²) in [5, 5.41) is 4.95. The van der Waals surface area contributed by atoms with Gasteiger partial charge in [0.1, 0.15) is 0 Å². The maximum Gasteiger partial charge on any atom is 0.417 e. The van der Waals surface area contributed by atoms with Crippen LogP contribution in [0.4, 0.5) is 18.9 Å². The van der Waals surface area contributed by atoms with Gasteiger partial charge in [0.05, 0.1) is 16.6 Å². The monoisotopic (exact) mass is 331 g/mol. The summed E-state index contributed by atoms with van der Waals surface area (Å²) in [6.45, 7) is 0. The summed E-state index contributed by atoms with van der Waals surface area (Å²) in [5.41, 5.74) is -0.341.